The Balaban J connectivity index is 2.76. The molecule has 112 valence electrons. The number of fused-ring (bicyclic) bond motifs is 1. The van der Waals surface area contributed by atoms with Gasteiger partial charge >= 0.3 is 5.97 Å². The smallest absolute Gasteiger partial charge is 0.356 e. The van der Waals surface area contributed by atoms with E-state index in [-0.39, 0.29) is 0 Å². The van der Waals surface area contributed by atoms with Crippen molar-refractivity contribution in [1.29, 1.82) is 0 Å². The van der Waals surface area contributed by atoms with Crippen LogP contribution in [0.3, 0.4) is 0 Å². The van der Waals surface area contributed by atoms with Gasteiger partial charge in [-0.3, -0.25) is 0 Å². The molecule has 0 aromatic carbocycles. The van der Waals surface area contributed by atoms with Crippen LogP contribution in [0.5, 0.6) is 0 Å². The zero-order valence-corrected chi connectivity index (χ0v) is 12.8. The first-order chi connectivity index (χ1) is 9.95. The normalized spacial score (nSPS) is 11.1. The van der Waals surface area contributed by atoms with Crippen LogP contribution in [0.25, 0.3) is 11.0 Å². The summed E-state index contributed by atoms with van der Waals surface area (Å²) in [5.41, 5.74) is 2.36. The van der Waals surface area contributed by atoms with E-state index >= 15 is 0 Å². The highest BCUT2D eigenvalue weighted by Gasteiger charge is 2.21. The molecule has 2 rings (SSSR count). The second-order valence-electron chi connectivity index (χ2n) is 5.00. The van der Waals surface area contributed by atoms with Gasteiger partial charge in [-0.25, -0.2) is 14.8 Å². The van der Waals surface area contributed by atoms with Crippen molar-refractivity contribution in [3.63, 3.8) is 0 Å². The van der Waals surface area contributed by atoms with Crippen LogP contribution in [0.1, 0.15) is 10.5 Å². The topological polar surface area (TPSA) is 73.8 Å². The van der Waals surface area contributed by atoms with E-state index in [2.05, 4.69) is 15.0 Å². The zero-order valence-electron chi connectivity index (χ0n) is 12.8. The SMILES string of the molecule is COC(=O)c1[nH]c2nccc(N(C)C)c2c1N=CN(C)C. The van der Waals surface area contributed by atoms with E-state index in [1.54, 1.807) is 17.4 Å². The van der Waals surface area contributed by atoms with E-state index in [0.717, 1.165) is 11.1 Å². The molecule has 0 atom stereocenters. The Hall–Kier alpha value is -2.57. The molecule has 0 saturated carbocycles. The van der Waals surface area contributed by atoms with Crippen molar-refractivity contribution in [3.05, 3.63) is 18.0 Å². The number of carbonyl (C=O) groups is 1. The number of esters is 1. The highest BCUT2D eigenvalue weighted by Crippen LogP contribution is 2.36. The van der Waals surface area contributed by atoms with Crippen LogP contribution in [0.2, 0.25) is 0 Å². The lowest BCUT2D eigenvalue weighted by Crippen LogP contribution is -2.09. The van der Waals surface area contributed by atoms with Gasteiger partial charge in [-0.2, -0.15) is 0 Å². The van der Waals surface area contributed by atoms with Gasteiger partial charge in [0, 0.05) is 34.4 Å². The maximum atomic E-state index is 11.9. The summed E-state index contributed by atoms with van der Waals surface area (Å²) >= 11 is 0. The van der Waals surface area contributed by atoms with Gasteiger partial charge in [0.15, 0.2) is 5.69 Å². The van der Waals surface area contributed by atoms with Gasteiger partial charge < -0.3 is 19.5 Å². The number of rotatable bonds is 4. The molecule has 0 fully saturated rings. The first-order valence-electron chi connectivity index (χ1n) is 6.42. The molecule has 2 heterocycles. The molecule has 0 bridgehead atoms. The third kappa shape index (κ3) is 2.81. The van der Waals surface area contributed by atoms with Gasteiger partial charge in [-0.1, -0.05) is 0 Å². The molecule has 0 unspecified atom stereocenters. The lowest BCUT2D eigenvalue weighted by Gasteiger charge is -2.13. The molecule has 7 nitrogen and oxygen atoms in total. The minimum Gasteiger partial charge on any atom is -0.464 e. The third-order valence-corrected chi connectivity index (χ3v) is 2.94. The van der Waals surface area contributed by atoms with Gasteiger partial charge in [-0.15, -0.1) is 0 Å². The number of methoxy groups -OCH3 is 1. The summed E-state index contributed by atoms with van der Waals surface area (Å²) in [6.07, 6.45) is 3.33. The summed E-state index contributed by atoms with van der Waals surface area (Å²) in [5.74, 6) is -0.469. The van der Waals surface area contributed by atoms with E-state index < -0.39 is 5.97 Å². The predicted molar refractivity (Wildman–Crippen MR) is 83.6 cm³/mol. The zero-order chi connectivity index (χ0) is 15.6. The molecule has 0 radical (unpaired) electrons. The maximum Gasteiger partial charge on any atom is 0.356 e. The summed E-state index contributed by atoms with van der Waals surface area (Å²) in [5, 5.41) is 0.793. The molecule has 0 aliphatic heterocycles. The van der Waals surface area contributed by atoms with Crippen molar-refractivity contribution in [1.82, 2.24) is 14.9 Å². The fourth-order valence-electron chi connectivity index (χ4n) is 2.01. The monoisotopic (exact) mass is 289 g/mol. The first-order valence-corrected chi connectivity index (χ1v) is 6.42. The highest BCUT2D eigenvalue weighted by molar-refractivity contribution is 6.09. The fourth-order valence-corrected chi connectivity index (χ4v) is 2.01. The van der Waals surface area contributed by atoms with Crippen molar-refractivity contribution in [2.75, 3.05) is 40.2 Å². The number of hydrogen-bond donors (Lipinski definition) is 1. The number of aliphatic imine (C=N–C) groups is 1. The molecule has 0 amide bonds. The molecular weight excluding hydrogens is 270 g/mol. The quantitative estimate of drug-likeness (QED) is 0.526. The highest BCUT2D eigenvalue weighted by atomic mass is 16.5. The molecule has 0 aliphatic rings. The number of hydrogen-bond acceptors (Lipinski definition) is 5. The minimum atomic E-state index is -0.469. The molecule has 1 N–H and O–H groups in total. The molecule has 7 heteroatoms. The Labute approximate surface area is 123 Å². The van der Waals surface area contributed by atoms with Crippen molar-refractivity contribution >= 4 is 34.7 Å². The minimum absolute atomic E-state index is 0.299. The Kier molecular flexibility index (Phi) is 4.11. The van der Waals surface area contributed by atoms with E-state index in [4.69, 9.17) is 4.74 Å². The third-order valence-electron chi connectivity index (χ3n) is 2.94. The number of ether oxygens (including phenoxy) is 1. The first kappa shape index (κ1) is 14.8. The maximum absolute atomic E-state index is 11.9. The number of pyridine rings is 1. The predicted octanol–water partition coefficient (Wildman–Crippen LogP) is 1.64. The van der Waals surface area contributed by atoms with E-state index in [1.807, 2.05) is 39.2 Å². The lowest BCUT2D eigenvalue weighted by atomic mass is 10.2. The largest absolute Gasteiger partial charge is 0.464 e. The molecule has 0 saturated heterocycles. The van der Waals surface area contributed by atoms with Gasteiger partial charge in [0.05, 0.1) is 24.5 Å². The summed E-state index contributed by atoms with van der Waals surface area (Å²) in [7, 11) is 8.92. The molecule has 2 aromatic rings. The van der Waals surface area contributed by atoms with Gasteiger partial charge in [0.1, 0.15) is 11.3 Å². The van der Waals surface area contributed by atoms with E-state index in [0.29, 0.717) is 17.0 Å². The number of aromatic nitrogens is 2. The average molecular weight is 289 g/mol. The van der Waals surface area contributed by atoms with Crippen LogP contribution in [-0.2, 0) is 4.74 Å². The summed E-state index contributed by atoms with van der Waals surface area (Å²) in [6.45, 7) is 0. The summed E-state index contributed by atoms with van der Waals surface area (Å²) in [6, 6.07) is 1.88. The fraction of sp³-hybridized carbons (Fsp3) is 0.357. The average Bonchev–Trinajstić information content (AvgIpc) is 2.82. The number of nitrogens with one attached hydrogen (secondary N) is 1. The van der Waals surface area contributed by atoms with Crippen LogP contribution >= 0.6 is 0 Å². The van der Waals surface area contributed by atoms with Crippen molar-refractivity contribution in [2.24, 2.45) is 4.99 Å². The number of anilines is 1. The van der Waals surface area contributed by atoms with Crippen molar-refractivity contribution in [3.8, 4) is 0 Å². The van der Waals surface area contributed by atoms with Gasteiger partial charge in [0.2, 0.25) is 0 Å². The molecule has 0 spiro atoms. The standard InChI is InChI=1S/C14H19N5O2/c1-18(2)8-16-11-10-9(19(3)4)6-7-15-13(10)17-12(11)14(20)21-5/h6-8H,1-5H3,(H,15,17). The van der Waals surface area contributed by atoms with Crippen LogP contribution in [-0.4, -0.2) is 62.5 Å². The summed E-state index contributed by atoms with van der Waals surface area (Å²) < 4.78 is 4.81. The lowest BCUT2D eigenvalue weighted by molar-refractivity contribution is 0.0596. The molecule has 0 aliphatic carbocycles. The van der Waals surface area contributed by atoms with Crippen LogP contribution in [0, 0.1) is 0 Å². The molecule has 2 aromatic heterocycles. The molecular formula is C14H19N5O2. The van der Waals surface area contributed by atoms with E-state index in [1.165, 1.54) is 7.11 Å². The van der Waals surface area contributed by atoms with Crippen LogP contribution in [0.15, 0.2) is 17.3 Å². The number of nitrogens with zero attached hydrogens (tertiary/aromatic N) is 4. The van der Waals surface area contributed by atoms with Gasteiger partial charge in [0.25, 0.3) is 0 Å². The Bertz CT molecular complexity index is 688. The molecule has 21 heavy (non-hydrogen) atoms. The second-order valence-corrected chi connectivity index (χ2v) is 5.00. The van der Waals surface area contributed by atoms with Gasteiger partial charge in [-0.05, 0) is 6.07 Å². The number of aromatic amines is 1. The van der Waals surface area contributed by atoms with Crippen LogP contribution in [0.4, 0.5) is 11.4 Å². The number of carbonyl (C=O) groups excluding carboxylic acids is 1. The Morgan fingerprint density at radius 3 is 2.67 bits per heavy atom. The van der Waals surface area contributed by atoms with Crippen molar-refractivity contribution in [2.45, 2.75) is 0 Å². The number of H-pyrrole nitrogens is 1. The van der Waals surface area contributed by atoms with E-state index in [9.17, 15) is 4.79 Å². The Morgan fingerprint density at radius 1 is 1.38 bits per heavy atom. The Morgan fingerprint density at radius 2 is 2.10 bits per heavy atom. The van der Waals surface area contributed by atoms with Crippen molar-refractivity contribution < 1.29 is 9.53 Å². The second kappa shape index (κ2) is 5.82. The summed E-state index contributed by atoms with van der Waals surface area (Å²) in [4.78, 5) is 27.4. The van der Waals surface area contributed by atoms with Crippen LogP contribution < -0.4 is 4.90 Å².